The summed E-state index contributed by atoms with van der Waals surface area (Å²) in [7, 11) is 0. The number of aromatic carboxylic acids is 2. The van der Waals surface area contributed by atoms with Crippen LogP contribution in [0, 0.1) is 0 Å². The summed E-state index contributed by atoms with van der Waals surface area (Å²) >= 11 is 0. The first-order valence-corrected chi connectivity index (χ1v) is 8.12. The zero-order chi connectivity index (χ0) is 20.8. The molecule has 146 valence electrons. The summed E-state index contributed by atoms with van der Waals surface area (Å²) < 4.78 is 9.67. The Morgan fingerprint density at radius 1 is 0.714 bits per heavy atom. The second-order valence-electron chi connectivity index (χ2n) is 5.30. The first-order valence-electron chi connectivity index (χ1n) is 8.12. The topological polar surface area (TPSA) is 153 Å². The van der Waals surface area contributed by atoms with Crippen molar-refractivity contribution in [2.45, 2.75) is 13.8 Å². The van der Waals surface area contributed by atoms with Crippen LogP contribution in [-0.4, -0.2) is 57.3 Å². The van der Waals surface area contributed by atoms with Gasteiger partial charge in [-0.05, 0) is 49.2 Å². The maximum atomic E-state index is 12.0. The summed E-state index contributed by atoms with van der Waals surface area (Å²) in [5.41, 5.74) is -1.16. The van der Waals surface area contributed by atoms with E-state index in [4.69, 9.17) is 9.47 Å². The molecule has 0 radical (unpaired) electrons. The number of carbonyl (C=O) groups is 4. The summed E-state index contributed by atoms with van der Waals surface area (Å²) in [5, 5.41) is 18.5. The highest BCUT2D eigenvalue weighted by atomic mass is 16.5. The van der Waals surface area contributed by atoms with Crippen LogP contribution in [0.15, 0.2) is 24.3 Å². The van der Waals surface area contributed by atoms with E-state index in [2.05, 4.69) is 9.97 Å². The summed E-state index contributed by atoms with van der Waals surface area (Å²) in [6, 6.07) is 4.75. The van der Waals surface area contributed by atoms with Gasteiger partial charge in [0, 0.05) is 0 Å². The van der Waals surface area contributed by atoms with Gasteiger partial charge in [-0.15, -0.1) is 0 Å². The van der Waals surface area contributed by atoms with E-state index in [0.717, 1.165) is 12.1 Å². The van der Waals surface area contributed by atoms with E-state index in [1.54, 1.807) is 13.8 Å². The fourth-order valence-electron chi connectivity index (χ4n) is 2.23. The Labute approximate surface area is 158 Å². The Balaban J connectivity index is 2.67. The van der Waals surface area contributed by atoms with Gasteiger partial charge in [0.2, 0.25) is 0 Å². The molecule has 2 heterocycles. The third kappa shape index (κ3) is 4.67. The average Bonchev–Trinajstić information content (AvgIpc) is 2.67. The molecular formula is C18H16N2O8. The van der Waals surface area contributed by atoms with Crippen molar-refractivity contribution in [2.75, 3.05) is 13.2 Å². The van der Waals surface area contributed by atoms with Gasteiger partial charge >= 0.3 is 23.9 Å². The normalized spacial score (nSPS) is 10.2. The molecule has 0 aliphatic rings. The lowest BCUT2D eigenvalue weighted by atomic mass is 10.0. The second-order valence-corrected chi connectivity index (χ2v) is 5.30. The zero-order valence-corrected chi connectivity index (χ0v) is 15.0. The predicted octanol–water partition coefficient (Wildman–Crippen LogP) is 1.89. The Morgan fingerprint density at radius 3 is 1.32 bits per heavy atom. The Bertz CT molecular complexity index is 877. The van der Waals surface area contributed by atoms with Gasteiger partial charge in [0.15, 0.2) is 0 Å². The molecule has 0 atom stereocenters. The van der Waals surface area contributed by atoms with Crippen molar-refractivity contribution >= 4 is 23.9 Å². The quantitative estimate of drug-likeness (QED) is 0.672. The number of aromatic nitrogens is 2. The Hall–Kier alpha value is -3.82. The molecule has 2 N–H and O–H groups in total. The predicted molar refractivity (Wildman–Crippen MR) is 93.3 cm³/mol. The average molecular weight is 388 g/mol. The molecule has 0 saturated carbocycles. The van der Waals surface area contributed by atoms with Gasteiger partial charge in [-0.1, -0.05) is 0 Å². The first kappa shape index (κ1) is 20.5. The van der Waals surface area contributed by atoms with Gasteiger partial charge in [0.25, 0.3) is 0 Å². The molecule has 28 heavy (non-hydrogen) atoms. The Kier molecular flexibility index (Phi) is 6.38. The van der Waals surface area contributed by atoms with Crippen molar-refractivity contribution in [1.29, 1.82) is 0 Å². The van der Waals surface area contributed by atoms with Crippen molar-refractivity contribution in [3.8, 4) is 11.1 Å². The molecule has 2 aromatic rings. The molecule has 10 heteroatoms. The molecule has 2 aromatic heterocycles. The van der Waals surface area contributed by atoms with Crippen molar-refractivity contribution in [3.63, 3.8) is 0 Å². The van der Waals surface area contributed by atoms with Crippen LogP contribution in [0.2, 0.25) is 0 Å². The van der Waals surface area contributed by atoms with Crippen LogP contribution in [0.3, 0.4) is 0 Å². The minimum Gasteiger partial charge on any atom is -0.477 e. The van der Waals surface area contributed by atoms with Crippen LogP contribution < -0.4 is 0 Å². The van der Waals surface area contributed by atoms with Crippen LogP contribution in [0.4, 0.5) is 0 Å². The monoisotopic (exact) mass is 388 g/mol. The number of hydrogen-bond donors (Lipinski definition) is 2. The van der Waals surface area contributed by atoms with Crippen LogP contribution in [0.1, 0.15) is 55.8 Å². The maximum absolute atomic E-state index is 12.0. The zero-order valence-electron chi connectivity index (χ0n) is 15.0. The van der Waals surface area contributed by atoms with E-state index in [1.165, 1.54) is 12.1 Å². The van der Waals surface area contributed by atoms with E-state index >= 15 is 0 Å². The van der Waals surface area contributed by atoms with Gasteiger partial charge in [-0.2, -0.15) is 0 Å². The number of carboxylic acids is 2. The molecule has 0 bridgehead atoms. The van der Waals surface area contributed by atoms with Crippen molar-refractivity contribution in [3.05, 3.63) is 47.0 Å². The summed E-state index contributed by atoms with van der Waals surface area (Å²) in [6.45, 7) is 3.26. The minimum absolute atomic E-state index is 0.0541. The highest BCUT2D eigenvalue weighted by Crippen LogP contribution is 2.24. The number of rotatable bonds is 7. The molecule has 0 amide bonds. The van der Waals surface area contributed by atoms with Crippen molar-refractivity contribution in [2.24, 2.45) is 0 Å². The molecule has 0 spiro atoms. The van der Waals surface area contributed by atoms with E-state index in [1.807, 2.05) is 0 Å². The molecule has 0 aromatic carbocycles. The highest BCUT2D eigenvalue weighted by Gasteiger charge is 2.19. The smallest absolute Gasteiger partial charge is 0.356 e. The molecule has 0 aliphatic heterocycles. The van der Waals surface area contributed by atoms with E-state index in [0.29, 0.717) is 0 Å². The highest BCUT2D eigenvalue weighted by molar-refractivity contribution is 5.96. The van der Waals surface area contributed by atoms with Crippen LogP contribution in [0.5, 0.6) is 0 Å². The van der Waals surface area contributed by atoms with E-state index in [-0.39, 0.29) is 35.7 Å². The minimum atomic E-state index is -1.40. The number of pyridine rings is 2. The van der Waals surface area contributed by atoms with Gasteiger partial charge in [-0.25, -0.2) is 29.1 Å². The van der Waals surface area contributed by atoms with Crippen molar-refractivity contribution < 1.29 is 38.9 Å². The maximum Gasteiger partial charge on any atom is 0.356 e. The van der Waals surface area contributed by atoms with Gasteiger partial charge in [-0.3, -0.25) is 0 Å². The molecule has 10 nitrogen and oxygen atoms in total. The molecule has 0 saturated heterocycles. The fourth-order valence-corrected chi connectivity index (χ4v) is 2.23. The second kappa shape index (κ2) is 8.71. The molecule has 0 aliphatic carbocycles. The lowest BCUT2D eigenvalue weighted by molar-refractivity contribution is 0.0508. The number of nitrogens with zero attached hydrogens (tertiary/aromatic N) is 2. The molecule has 2 rings (SSSR count). The third-order valence-corrected chi connectivity index (χ3v) is 3.39. The molecule has 0 unspecified atom stereocenters. The first-order chi connectivity index (χ1) is 13.3. The van der Waals surface area contributed by atoms with Gasteiger partial charge in [0.05, 0.1) is 13.2 Å². The third-order valence-electron chi connectivity index (χ3n) is 3.39. The van der Waals surface area contributed by atoms with Crippen LogP contribution in [0.25, 0.3) is 11.1 Å². The SMILES string of the molecule is CCOC(=O)c1cc(-c2cc(C(=O)O)nc(C(=O)OCC)c2)cc(C(=O)O)n1. The number of ether oxygens (including phenoxy) is 2. The number of esters is 2. The van der Waals surface area contributed by atoms with E-state index < -0.39 is 35.3 Å². The Morgan fingerprint density at radius 2 is 1.04 bits per heavy atom. The molecular weight excluding hydrogens is 372 g/mol. The molecule has 0 fully saturated rings. The summed E-state index contributed by atoms with van der Waals surface area (Å²) in [4.78, 5) is 54.1. The van der Waals surface area contributed by atoms with E-state index in [9.17, 15) is 29.4 Å². The summed E-state index contributed by atoms with van der Waals surface area (Å²) in [5.74, 6) is -4.48. The van der Waals surface area contributed by atoms with Gasteiger partial charge in [0.1, 0.15) is 22.8 Å². The number of hydrogen-bond acceptors (Lipinski definition) is 8. The fraction of sp³-hybridized carbons (Fsp3) is 0.222. The number of carboxylic acid groups (broad SMARTS) is 2. The standard InChI is InChI=1S/C18H16N2O8/c1-3-27-17(25)13-7-9(5-11(19-13)15(21)22)10-6-12(16(23)24)20-14(8-10)18(26)28-4-2/h5-8H,3-4H2,1-2H3,(H,21,22)(H,23,24). The lowest BCUT2D eigenvalue weighted by Crippen LogP contribution is -2.13. The largest absolute Gasteiger partial charge is 0.477 e. The van der Waals surface area contributed by atoms with Crippen molar-refractivity contribution in [1.82, 2.24) is 9.97 Å². The lowest BCUT2D eigenvalue weighted by Gasteiger charge is -2.09. The van der Waals surface area contributed by atoms with Gasteiger partial charge < -0.3 is 19.7 Å². The van der Waals surface area contributed by atoms with Crippen LogP contribution >= 0.6 is 0 Å². The number of carbonyl (C=O) groups excluding carboxylic acids is 2. The van der Waals surface area contributed by atoms with Crippen LogP contribution in [-0.2, 0) is 9.47 Å². The summed E-state index contributed by atoms with van der Waals surface area (Å²) in [6.07, 6.45) is 0.